The van der Waals surface area contributed by atoms with Crippen LogP contribution in [0.4, 0.5) is 0 Å². The number of para-hydroxylation sites is 2. The van der Waals surface area contributed by atoms with Crippen molar-refractivity contribution in [2.75, 3.05) is 6.61 Å². The maximum atomic E-state index is 12.0. The Hall–Kier alpha value is -2.24. The van der Waals surface area contributed by atoms with Gasteiger partial charge in [0.2, 0.25) is 6.10 Å². The molecule has 0 unspecified atom stereocenters. The first-order valence-corrected chi connectivity index (χ1v) is 7.03. The Labute approximate surface area is 122 Å². The van der Waals surface area contributed by atoms with Crippen LogP contribution in [0.15, 0.2) is 24.3 Å². The highest BCUT2D eigenvalue weighted by Crippen LogP contribution is 2.31. The van der Waals surface area contributed by atoms with Crippen LogP contribution in [0.1, 0.15) is 19.8 Å². The minimum atomic E-state index is -0.851. The number of esters is 1. The van der Waals surface area contributed by atoms with Gasteiger partial charge in [-0.15, -0.1) is 0 Å². The molecular weight excluding hydrogens is 274 g/mol. The summed E-state index contributed by atoms with van der Waals surface area (Å²) in [6, 6.07) is 7.34. The number of rotatable bonds is 4. The smallest absolute Gasteiger partial charge is 0.351 e. The van der Waals surface area contributed by atoms with E-state index in [0.29, 0.717) is 11.5 Å². The summed E-state index contributed by atoms with van der Waals surface area (Å²) in [4.78, 5) is 23.8. The summed E-state index contributed by atoms with van der Waals surface area (Å²) in [5.41, 5.74) is 0. The van der Waals surface area contributed by atoms with Gasteiger partial charge in [0, 0.05) is 6.04 Å². The minimum Gasteiger partial charge on any atom is -0.485 e. The summed E-state index contributed by atoms with van der Waals surface area (Å²) < 4.78 is 16.1. The molecule has 0 radical (unpaired) electrons. The van der Waals surface area contributed by atoms with Crippen molar-refractivity contribution < 1.29 is 23.8 Å². The summed E-state index contributed by atoms with van der Waals surface area (Å²) in [6.45, 7) is 1.63. The molecular formula is C15H17NO5. The van der Waals surface area contributed by atoms with Crippen LogP contribution < -0.4 is 14.8 Å². The highest BCUT2D eigenvalue weighted by molar-refractivity contribution is 5.85. The molecule has 1 saturated carbocycles. The van der Waals surface area contributed by atoms with Gasteiger partial charge in [0.05, 0.1) is 0 Å². The number of ether oxygens (including phenoxy) is 3. The molecule has 1 aliphatic carbocycles. The summed E-state index contributed by atoms with van der Waals surface area (Å²) in [5, 5.41) is 2.79. The Morgan fingerprint density at radius 2 is 2.00 bits per heavy atom. The second-order valence-electron chi connectivity index (χ2n) is 5.23. The Morgan fingerprint density at radius 3 is 2.71 bits per heavy atom. The van der Waals surface area contributed by atoms with E-state index in [1.165, 1.54) is 0 Å². The number of carbonyl (C=O) groups is 2. The van der Waals surface area contributed by atoms with Crippen LogP contribution in [0.25, 0.3) is 0 Å². The highest BCUT2D eigenvalue weighted by Gasteiger charge is 2.32. The summed E-state index contributed by atoms with van der Waals surface area (Å²) in [7, 11) is 0. The molecule has 3 rings (SSSR count). The lowest BCUT2D eigenvalue weighted by Gasteiger charge is -2.25. The van der Waals surface area contributed by atoms with Crippen molar-refractivity contribution in [1.82, 2.24) is 5.32 Å². The molecule has 0 spiro atoms. The zero-order valence-corrected chi connectivity index (χ0v) is 11.7. The minimum absolute atomic E-state index is 0.0762. The van der Waals surface area contributed by atoms with Gasteiger partial charge in [-0.2, -0.15) is 0 Å². The number of benzene rings is 1. The lowest BCUT2D eigenvalue weighted by Crippen LogP contribution is -2.43. The average molecular weight is 291 g/mol. The molecule has 1 heterocycles. The van der Waals surface area contributed by atoms with Crippen LogP contribution in [0.3, 0.4) is 0 Å². The summed E-state index contributed by atoms with van der Waals surface area (Å²) in [6.07, 6.45) is 0.292. The highest BCUT2D eigenvalue weighted by atomic mass is 16.6. The fourth-order valence-corrected chi connectivity index (χ4v) is 1.99. The SMILES string of the molecule is C[C@H](OC(=O)[C@H]1COc2ccccc2O1)C(=O)NC1CC1. The van der Waals surface area contributed by atoms with E-state index in [-0.39, 0.29) is 18.6 Å². The third kappa shape index (κ3) is 3.26. The Bertz CT molecular complexity index is 555. The van der Waals surface area contributed by atoms with Gasteiger partial charge in [-0.25, -0.2) is 4.79 Å². The van der Waals surface area contributed by atoms with Crippen molar-refractivity contribution in [2.24, 2.45) is 0 Å². The van der Waals surface area contributed by atoms with Crippen LogP contribution >= 0.6 is 0 Å². The molecule has 1 amide bonds. The Kier molecular flexibility index (Phi) is 3.68. The van der Waals surface area contributed by atoms with Gasteiger partial charge in [-0.3, -0.25) is 4.79 Å². The van der Waals surface area contributed by atoms with E-state index >= 15 is 0 Å². The zero-order chi connectivity index (χ0) is 14.8. The van der Waals surface area contributed by atoms with Crippen LogP contribution in [0, 0.1) is 0 Å². The van der Waals surface area contributed by atoms with Gasteiger partial charge in [0.1, 0.15) is 6.61 Å². The average Bonchev–Trinajstić information content (AvgIpc) is 3.30. The molecule has 2 aliphatic rings. The van der Waals surface area contributed by atoms with Crippen LogP contribution in [-0.4, -0.2) is 36.7 Å². The van der Waals surface area contributed by atoms with Crippen molar-refractivity contribution in [3.63, 3.8) is 0 Å². The van der Waals surface area contributed by atoms with Crippen molar-refractivity contribution >= 4 is 11.9 Å². The summed E-state index contributed by atoms with van der Waals surface area (Å²) >= 11 is 0. The topological polar surface area (TPSA) is 73.9 Å². The van der Waals surface area contributed by atoms with E-state index < -0.39 is 18.2 Å². The molecule has 0 saturated heterocycles. The maximum absolute atomic E-state index is 12.0. The quantitative estimate of drug-likeness (QED) is 0.839. The van der Waals surface area contributed by atoms with Crippen molar-refractivity contribution in [3.05, 3.63) is 24.3 Å². The normalized spacial score (nSPS) is 21.3. The maximum Gasteiger partial charge on any atom is 0.351 e. The van der Waals surface area contributed by atoms with Crippen molar-refractivity contribution in [3.8, 4) is 11.5 Å². The molecule has 1 aliphatic heterocycles. The fraction of sp³-hybridized carbons (Fsp3) is 0.467. The molecule has 1 N–H and O–H groups in total. The van der Waals surface area contributed by atoms with E-state index in [1.807, 2.05) is 6.07 Å². The van der Waals surface area contributed by atoms with E-state index in [4.69, 9.17) is 14.2 Å². The van der Waals surface area contributed by atoms with E-state index in [0.717, 1.165) is 12.8 Å². The first kappa shape index (κ1) is 13.7. The molecule has 0 bridgehead atoms. The van der Waals surface area contributed by atoms with Crippen LogP contribution in [0.5, 0.6) is 11.5 Å². The predicted octanol–water partition coefficient (Wildman–Crippen LogP) is 1.04. The fourth-order valence-electron chi connectivity index (χ4n) is 1.99. The Morgan fingerprint density at radius 1 is 1.29 bits per heavy atom. The summed E-state index contributed by atoms with van der Waals surface area (Å²) in [5.74, 6) is 0.229. The third-order valence-electron chi connectivity index (χ3n) is 3.36. The monoisotopic (exact) mass is 291 g/mol. The van der Waals surface area contributed by atoms with E-state index in [9.17, 15) is 9.59 Å². The standard InChI is InChI=1S/C15H17NO5/c1-9(14(17)16-10-6-7-10)20-15(18)13-8-19-11-4-2-3-5-12(11)21-13/h2-5,9-10,13H,6-8H2,1H3,(H,16,17)/t9-,13+/m0/s1. The number of hydrogen-bond donors (Lipinski definition) is 1. The molecule has 6 heteroatoms. The van der Waals surface area contributed by atoms with E-state index in [2.05, 4.69) is 5.32 Å². The molecule has 1 aromatic carbocycles. The van der Waals surface area contributed by atoms with Gasteiger partial charge < -0.3 is 19.5 Å². The van der Waals surface area contributed by atoms with Crippen LogP contribution in [-0.2, 0) is 14.3 Å². The molecule has 1 aromatic rings. The number of fused-ring (bicyclic) bond motifs is 1. The van der Waals surface area contributed by atoms with Crippen LogP contribution in [0.2, 0.25) is 0 Å². The van der Waals surface area contributed by atoms with Gasteiger partial charge in [-0.1, -0.05) is 12.1 Å². The second kappa shape index (κ2) is 5.63. The molecule has 21 heavy (non-hydrogen) atoms. The first-order valence-electron chi connectivity index (χ1n) is 7.03. The van der Waals surface area contributed by atoms with Gasteiger partial charge in [-0.05, 0) is 31.9 Å². The van der Waals surface area contributed by atoms with Crippen molar-refractivity contribution in [1.29, 1.82) is 0 Å². The predicted molar refractivity (Wildman–Crippen MR) is 73.1 cm³/mol. The van der Waals surface area contributed by atoms with E-state index in [1.54, 1.807) is 25.1 Å². The molecule has 6 nitrogen and oxygen atoms in total. The lowest BCUT2D eigenvalue weighted by atomic mass is 10.2. The zero-order valence-electron chi connectivity index (χ0n) is 11.7. The molecule has 2 atom stereocenters. The Balaban J connectivity index is 1.55. The van der Waals surface area contributed by atoms with Crippen molar-refractivity contribution in [2.45, 2.75) is 38.0 Å². The van der Waals surface area contributed by atoms with Gasteiger partial charge in [0.15, 0.2) is 17.6 Å². The number of amides is 1. The molecule has 112 valence electrons. The lowest BCUT2D eigenvalue weighted by molar-refractivity contribution is -0.163. The number of hydrogen-bond acceptors (Lipinski definition) is 5. The molecule has 1 fully saturated rings. The van der Waals surface area contributed by atoms with Gasteiger partial charge in [0.25, 0.3) is 5.91 Å². The second-order valence-corrected chi connectivity index (χ2v) is 5.23. The number of nitrogens with one attached hydrogen (secondary N) is 1. The van der Waals surface area contributed by atoms with Gasteiger partial charge >= 0.3 is 5.97 Å². The number of carbonyl (C=O) groups excluding carboxylic acids is 2. The first-order chi connectivity index (χ1) is 10.1. The largest absolute Gasteiger partial charge is 0.485 e. The molecule has 0 aromatic heterocycles. The third-order valence-corrected chi connectivity index (χ3v) is 3.36.